The lowest BCUT2D eigenvalue weighted by molar-refractivity contribution is -0.274. The van der Waals surface area contributed by atoms with E-state index in [4.69, 9.17) is 19.7 Å². The predicted octanol–water partition coefficient (Wildman–Crippen LogP) is 3.46. The van der Waals surface area contributed by atoms with E-state index in [-0.39, 0.29) is 49.1 Å². The molecule has 3 aromatic rings. The van der Waals surface area contributed by atoms with Gasteiger partial charge in [0.1, 0.15) is 11.5 Å². The molecule has 1 fully saturated rings. The van der Waals surface area contributed by atoms with Gasteiger partial charge in [-0.05, 0) is 67.8 Å². The number of nitrogens with zero attached hydrogens (tertiary/aromatic N) is 2. The van der Waals surface area contributed by atoms with E-state index in [1.54, 1.807) is 0 Å². The topological polar surface area (TPSA) is 144 Å². The number of benzene rings is 2. The van der Waals surface area contributed by atoms with Crippen LogP contribution in [-0.4, -0.2) is 55.4 Å². The van der Waals surface area contributed by atoms with Gasteiger partial charge in [-0.15, -0.1) is 13.2 Å². The molecule has 0 bridgehead atoms. The van der Waals surface area contributed by atoms with Gasteiger partial charge < -0.3 is 24.5 Å². The zero-order chi connectivity index (χ0) is 27.4. The van der Waals surface area contributed by atoms with Crippen molar-refractivity contribution in [1.29, 1.82) is 0 Å². The van der Waals surface area contributed by atoms with Crippen LogP contribution in [0.3, 0.4) is 0 Å². The van der Waals surface area contributed by atoms with E-state index in [2.05, 4.69) is 14.9 Å². The first-order valence-corrected chi connectivity index (χ1v) is 13.0. The molecule has 1 saturated heterocycles. The number of sulfone groups is 1. The first-order valence-electron chi connectivity index (χ1n) is 11.5. The summed E-state index contributed by atoms with van der Waals surface area (Å²) in [6.45, 7) is 0.526. The maximum atomic E-state index is 13.2. The Labute approximate surface area is 215 Å². The van der Waals surface area contributed by atoms with Crippen LogP contribution in [0.5, 0.6) is 11.5 Å². The summed E-state index contributed by atoms with van der Waals surface area (Å²) in [6.07, 6.45) is -3.92. The van der Waals surface area contributed by atoms with Gasteiger partial charge >= 0.3 is 6.36 Å². The summed E-state index contributed by atoms with van der Waals surface area (Å²) >= 11 is 0. The van der Waals surface area contributed by atoms with Crippen LogP contribution in [0.4, 0.5) is 13.2 Å². The molecule has 204 valence electrons. The minimum absolute atomic E-state index is 0.00190. The van der Waals surface area contributed by atoms with Gasteiger partial charge in [0.2, 0.25) is 17.6 Å². The van der Waals surface area contributed by atoms with E-state index in [0.29, 0.717) is 30.0 Å². The second-order valence-electron chi connectivity index (χ2n) is 8.48. The molecule has 10 nitrogen and oxygen atoms in total. The highest BCUT2D eigenvalue weighted by Crippen LogP contribution is 2.35. The molecule has 2 aromatic carbocycles. The third-order valence-electron chi connectivity index (χ3n) is 6.02. The molecule has 0 atom stereocenters. The normalized spacial score (nSPS) is 15.7. The largest absolute Gasteiger partial charge is 0.573 e. The SMILES string of the molecule is NC(=O)C1(S(=O)(=O)c2ccc(OCCCc3nc(-c4ccc(OC(F)(F)F)cc4)no3)cc2)CCOCC1. The van der Waals surface area contributed by atoms with E-state index >= 15 is 0 Å². The Kier molecular flexibility index (Phi) is 7.92. The third kappa shape index (κ3) is 6.07. The Morgan fingerprint density at radius 2 is 1.66 bits per heavy atom. The smallest absolute Gasteiger partial charge is 0.494 e. The first-order chi connectivity index (χ1) is 18.0. The van der Waals surface area contributed by atoms with Crippen LogP contribution in [0.1, 0.15) is 25.2 Å². The number of halogens is 3. The van der Waals surface area contributed by atoms with Crippen LogP contribution in [-0.2, 0) is 25.8 Å². The number of rotatable bonds is 10. The number of amides is 1. The number of aryl methyl sites for hydroxylation is 1. The third-order valence-corrected chi connectivity index (χ3v) is 8.55. The Morgan fingerprint density at radius 3 is 2.26 bits per heavy atom. The lowest BCUT2D eigenvalue weighted by Gasteiger charge is -2.33. The molecule has 1 aromatic heterocycles. The predicted molar refractivity (Wildman–Crippen MR) is 126 cm³/mol. The van der Waals surface area contributed by atoms with Crippen LogP contribution in [0.2, 0.25) is 0 Å². The van der Waals surface area contributed by atoms with Crippen molar-refractivity contribution in [2.45, 2.75) is 41.7 Å². The van der Waals surface area contributed by atoms with Crippen molar-refractivity contribution in [2.24, 2.45) is 5.73 Å². The molecule has 0 spiro atoms. The molecule has 0 saturated carbocycles. The minimum atomic E-state index is -4.78. The van der Waals surface area contributed by atoms with Gasteiger partial charge in [-0.3, -0.25) is 4.79 Å². The molecule has 2 N–H and O–H groups in total. The number of carbonyl (C=O) groups excluding carboxylic acids is 1. The van der Waals surface area contributed by atoms with Gasteiger partial charge in [0.05, 0.1) is 11.5 Å². The summed E-state index contributed by atoms with van der Waals surface area (Å²) in [6, 6.07) is 10.8. The summed E-state index contributed by atoms with van der Waals surface area (Å²) in [7, 11) is -4.03. The number of primary amides is 1. The van der Waals surface area contributed by atoms with Crippen molar-refractivity contribution in [2.75, 3.05) is 19.8 Å². The summed E-state index contributed by atoms with van der Waals surface area (Å²) in [4.78, 5) is 16.3. The van der Waals surface area contributed by atoms with Gasteiger partial charge in [0, 0.05) is 25.2 Å². The average Bonchev–Trinajstić information content (AvgIpc) is 3.35. The molecule has 14 heteroatoms. The Bertz CT molecular complexity index is 1350. The van der Waals surface area contributed by atoms with Crippen LogP contribution >= 0.6 is 0 Å². The van der Waals surface area contributed by atoms with Crippen LogP contribution in [0, 0.1) is 0 Å². The van der Waals surface area contributed by atoms with Crippen molar-refractivity contribution in [3.05, 3.63) is 54.4 Å². The van der Waals surface area contributed by atoms with Crippen molar-refractivity contribution in [3.8, 4) is 22.9 Å². The highest BCUT2D eigenvalue weighted by molar-refractivity contribution is 7.93. The fraction of sp³-hybridized carbons (Fsp3) is 0.375. The number of ether oxygens (including phenoxy) is 3. The number of hydrogen-bond donors (Lipinski definition) is 1. The second-order valence-corrected chi connectivity index (χ2v) is 10.7. The van der Waals surface area contributed by atoms with Gasteiger partial charge in [-0.25, -0.2) is 8.42 Å². The summed E-state index contributed by atoms with van der Waals surface area (Å²) in [5.41, 5.74) is 5.95. The lowest BCUT2D eigenvalue weighted by Crippen LogP contribution is -2.53. The van der Waals surface area contributed by atoms with Gasteiger partial charge in [0.15, 0.2) is 14.6 Å². The monoisotopic (exact) mass is 555 g/mol. The number of aromatic nitrogens is 2. The molecule has 2 heterocycles. The van der Waals surface area contributed by atoms with E-state index in [1.165, 1.54) is 36.4 Å². The number of nitrogens with two attached hydrogens (primary N) is 1. The quantitative estimate of drug-likeness (QED) is 0.372. The van der Waals surface area contributed by atoms with Crippen LogP contribution in [0.15, 0.2) is 57.9 Å². The fourth-order valence-electron chi connectivity index (χ4n) is 3.98. The maximum Gasteiger partial charge on any atom is 0.573 e. The first kappa shape index (κ1) is 27.4. The Hall–Kier alpha value is -3.65. The molecule has 0 aliphatic carbocycles. The molecule has 1 aliphatic rings. The van der Waals surface area contributed by atoms with Gasteiger partial charge in [0.25, 0.3) is 0 Å². The summed E-state index contributed by atoms with van der Waals surface area (Å²) in [5.74, 6) is -0.290. The number of carbonyl (C=O) groups is 1. The van der Waals surface area contributed by atoms with Crippen molar-refractivity contribution in [3.63, 3.8) is 0 Å². The highest BCUT2D eigenvalue weighted by atomic mass is 32.2. The number of alkyl halides is 3. The van der Waals surface area contributed by atoms with Crippen LogP contribution < -0.4 is 15.2 Å². The number of hydrogen-bond acceptors (Lipinski definition) is 9. The summed E-state index contributed by atoms with van der Waals surface area (Å²) in [5, 5.41) is 3.83. The summed E-state index contributed by atoms with van der Waals surface area (Å²) < 4.78 is 81.4. The van der Waals surface area contributed by atoms with Gasteiger partial charge in [-0.1, -0.05) is 5.16 Å². The van der Waals surface area contributed by atoms with E-state index in [9.17, 15) is 26.4 Å². The maximum absolute atomic E-state index is 13.2. The fourth-order valence-corrected chi connectivity index (χ4v) is 5.90. The molecule has 1 aliphatic heterocycles. The standard InChI is InChI=1S/C24H24F3N3O7S/c25-24(26,27)36-18-5-3-16(4-6-18)21-29-20(37-30-21)2-1-13-35-17-7-9-19(10-8-17)38(32,33)23(22(28)31)11-14-34-15-12-23/h3-10H,1-2,11-15H2,(H2,28,31). The van der Waals surface area contributed by atoms with Gasteiger partial charge in [-0.2, -0.15) is 4.98 Å². The Morgan fingerprint density at radius 1 is 1.03 bits per heavy atom. The molecule has 1 amide bonds. The van der Waals surface area contributed by atoms with Crippen LogP contribution in [0.25, 0.3) is 11.4 Å². The van der Waals surface area contributed by atoms with Crippen molar-refractivity contribution >= 4 is 15.7 Å². The molecule has 0 unspecified atom stereocenters. The second kappa shape index (κ2) is 11.0. The zero-order valence-electron chi connectivity index (χ0n) is 19.9. The molecule has 0 radical (unpaired) electrons. The molecule has 38 heavy (non-hydrogen) atoms. The Balaban J connectivity index is 1.29. The minimum Gasteiger partial charge on any atom is -0.494 e. The zero-order valence-corrected chi connectivity index (χ0v) is 20.8. The van der Waals surface area contributed by atoms with E-state index in [0.717, 1.165) is 12.1 Å². The van der Waals surface area contributed by atoms with E-state index in [1.807, 2.05) is 0 Å². The average molecular weight is 556 g/mol. The molecular weight excluding hydrogens is 531 g/mol. The lowest BCUT2D eigenvalue weighted by atomic mass is 9.98. The highest BCUT2D eigenvalue weighted by Gasteiger charge is 2.51. The molecule has 4 rings (SSSR count). The van der Waals surface area contributed by atoms with Crippen molar-refractivity contribution < 1.29 is 45.1 Å². The van der Waals surface area contributed by atoms with E-state index < -0.39 is 26.9 Å². The van der Waals surface area contributed by atoms with Crippen molar-refractivity contribution in [1.82, 2.24) is 10.1 Å². The molecular formula is C24H24F3N3O7S.